The van der Waals surface area contributed by atoms with Crippen molar-refractivity contribution in [3.8, 4) is 0 Å². The molecule has 0 spiro atoms. The Hall–Kier alpha value is -1.61. The second-order valence-corrected chi connectivity index (χ2v) is 4.87. The molecule has 3 nitrogen and oxygen atoms in total. The highest BCUT2D eigenvalue weighted by Crippen LogP contribution is 2.07. The summed E-state index contributed by atoms with van der Waals surface area (Å²) in [7, 11) is 0. The maximum absolute atomic E-state index is 12.3. The lowest BCUT2D eigenvalue weighted by atomic mass is 10.1. The van der Waals surface area contributed by atoms with E-state index < -0.39 is 0 Å². The highest BCUT2D eigenvalue weighted by atomic mass is 16.1. The molecule has 0 amide bonds. The fourth-order valence-corrected chi connectivity index (χ4v) is 2.37. The molecule has 102 valence electrons. The van der Waals surface area contributed by atoms with Gasteiger partial charge in [-0.15, -0.1) is 0 Å². The number of nitrogens with one attached hydrogen (secondary N) is 1. The van der Waals surface area contributed by atoms with Crippen LogP contribution < -0.4 is 10.9 Å². The van der Waals surface area contributed by atoms with Crippen LogP contribution in [0.2, 0.25) is 0 Å². The number of aromatic nitrogens is 1. The minimum Gasteiger partial charge on any atom is -0.314 e. The highest BCUT2D eigenvalue weighted by molar-refractivity contribution is 5.81. The van der Waals surface area contributed by atoms with Gasteiger partial charge in [0.2, 0.25) is 0 Å². The lowest BCUT2D eigenvalue weighted by Crippen LogP contribution is -2.33. The second-order valence-electron chi connectivity index (χ2n) is 4.87. The summed E-state index contributed by atoms with van der Waals surface area (Å²) in [6, 6.07) is 10.3. The number of fused-ring (bicyclic) bond motifs is 1. The number of pyridine rings is 1. The average Bonchev–Trinajstić information content (AvgIpc) is 2.46. The molecule has 0 unspecified atom stereocenters. The summed E-state index contributed by atoms with van der Waals surface area (Å²) < 4.78 is 1.79. The quantitative estimate of drug-likeness (QED) is 0.864. The first-order chi connectivity index (χ1) is 9.26. The van der Waals surface area contributed by atoms with Gasteiger partial charge in [0.05, 0.1) is 0 Å². The van der Waals surface area contributed by atoms with Crippen LogP contribution in [0.15, 0.2) is 41.3 Å². The molecule has 1 N–H and O–H groups in total. The minimum absolute atomic E-state index is 0.101. The molecule has 0 saturated heterocycles. The van der Waals surface area contributed by atoms with Crippen LogP contribution in [0.4, 0.5) is 0 Å². The smallest absolute Gasteiger partial charge is 0.258 e. The molecule has 0 fully saturated rings. The van der Waals surface area contributed by atoms with E-state index in [2.05, 4.69) is 19.2 Å². The summed E-state index contributed by atoms with van der Waals surface area (Å²) in [6.07, 6.45) is 4.14. The molecule has 2 rings (SSSR count). The molecule has 0 atom stereocenters. The first-order valence-electron chi connectivity index (χ1n) is 7.07. The largest absolute Gasteiger partial charge is 0.314 e. The molecule has 19 heavy (non-hydrogen) atoms. The molecule has 1 aromatic carbocycles. The Kier molecular flexibility index (Phi) is 4.74. The van der Waals surface area contributed by atoms with Crippen molar-refractivity contribution in [2.45, 2.75) is 39.3 Å². The average molecular weight is 258 g/mol. The third-order valence-electron chi connectivity index (χ3n) is 3.66. The summed E-state index contributed by atoms with van der Waals surface area (Å²) in [5, 5.41) is 5.29. The summed E-state index contributed by atoms with van der Waals surface area (Å²) in [4.78, 5) is 12.3. The maximum Gasteiger partial charge on any atom is 0.258 e. The monoisotopic (exact) mass is 258 g/mol. The second kappa shape index (κ2) is 6.53. The molecule has 3 heteroatoms. The number of nitrogens with zero attached hydrogens (tertiary/aromatic N) is 1. The van der Waals surface area contributed by atoms with Crippen LogP contribution in [0.3, 0.4) is 0 Å². The van der Waals surface area contributed by atoms with Gasteiger partial charge in [-0.05, 0) is 30.4 Å². The topological polar surface area (TPSA) is 34.0 Å². The Morgan fingerprint density at radius 1 is 1.16 bits per heavy atom. The maximum atomic E-state index is 12.3. The predicted molar refractivity (Wildman–Crippen MR) is 80.6 cm³/mol. The van der Waals surface area contributed by atoms with E-state index in [1.165, 1.54) is 0 Å². The molecule has 0 saturated carbocycles. The molecule has 0 aliphatic carbocycles. The molecule has 0 aliphatic rings. The van der Waals surface area contributed by atoms with Gasteiger partial charge in [0.25, 0.3) is 5.56 Å². The van der Waals surface area contributed by atoms with Crippen molar-refractivity contribution in [3.05, 3.63) is 46.9 Å². The van der Waals surface area contributed by atoms with Crippen LogP contribution in [-0.4, -0.2) is 17.2 Å². The van der Waals surface area contributed by atoms with E-state index in [-0.39, 0.29) is 5.56 Å². The van der Waals surface area contributed by atoms with E-state index in [1.54, 1.807) is 4.57 Å². The van der Waals surface area contributed by atoms with Crippen molar-refractivity contribution in [3.63, 3.8) is 0 Å². The lowest BCUT2D eigenvalue weighted by Gasteiger charge is -2.15. The fourth-order valence-electron chi connectivity index (χ4n) is 2.37. The van der Waals surface area contributed by atoms with Crippen molar-refractivity contribution < 1.29 is 0 Å². The van der Waals surface area contributed by atoms with Crippen LogP contribution in [-0.2, 0) is 6.54 Å². The lowest BCUT2D eigenvalue weighted by molar-refractivity contribution is 0.463. The Labute approximate surface area is 114 Å². The van der Waals surface area contributed by atoms with Crippen LogP contribution in [0.25, 0.3) is 10.8 Å². The molecular weight excluding hydrogens is 236 g/mol. The summed E-state index contributed by atoms with van der Waals surface area (Å²) in [5.41, 5.74) is 0.101. The van der Waals surface area contributed by atoms with Crippen LogP contribution in [0, 0.1) is 0 Å². The van der Waals surface area contributed by atoms with Gasteiger partial charge in [-0.1, -0.05) is 32.0 Å². The Balaban J connectivity index is 2.09. The predicted octanol–water partition coefficient (Wildman–Crippen LogP) is 2.78. The van der Waals surface area contributed by atoms with Crippen molar-refractivity contribution in [1.82, 2.24) is 9.88 Å². The van der Waals surface area contributed by atoms with E-state index in [1.807, 2.05) is 36.5 Å². The first kappa shape index (κ1) is 13.8. The normalized spacial score (nSPS) is 11.3. The van der Waals surface area contributed by atoms with Gasteiger partial charge < -0.3 is 9.88 Å². The molecular formula is C16H22N2O. The fraction of sp³-hybridized carbons (Fsp3) is 0.438. The SMILES string of the molecule is CCC(CC)NCCn1ccc2ccccc2c1=O. The molecule has 0 aliphatic heterocycles. The standard InChI is InChI=1S/C16H22N2O/c1-3-14(4-2)17-10-12-18-11-9-13-7-5-6-8-15(13)16(18)19/h5-9,11,14,17H,3-4,10,12H2,1-2H3. The van der Waals surface area contributed by atoms with Crippen molar-refractivity contribution in [2.24, 2.45) is 0 Å². The first-order valence-corrected chi connectivity index (χ1v) is 7.07. The zero-order valence-corrected chi connectivity index (χ0v) is 11.7. The van der Waals surface area contributed by atoms with Crippen molar-refractivity contribution >= 4 is 10.8 Å². The zero-order chi connectivity index (χ0) is 13.7. The highest BCUT2D eigenvalue weighted by Gasteiger charge is 2.04. The third kappa shape index (κ3) is 3.24. The summed E-state index contributed by atoms with van der Waals surface area (Å²) >= 11 is 0. The van der Waals surface area contributed by atoms with Gasteiger partial charge >= 0.3 is 0 Å². The van der Waals surface area contributed by atoms with Crippen molar-refractivity contribution in [1.29, 1.82) is 0 Å². The van der Waals surface area contributed by atoms with Gasteiger partial charge in [0.15, 0.2) is 0 Å². The third-order valence-corrected chi connectivity index (χ3v) is 3.66. The van der Waals surface area contributed by atoms with Gasteiger partial charge in [-0.3, -0.25) is 4.79 Å². The number of hydrogen-bond acceptors (Lipinski definition) is 2. The van der Waals surface area contributed by atoms with Crippen LogP contribution in [0.1, 0.15) is 26.7 Å². The van der Waals surface area contributed by atoms with Crippen LogP contribution >= 0.6 is 0 Å². The summed E-state index contributed by atoms with van der Waals surface area (Å²) in [6.45, 7) is 5.93. The van der Waals surface area contributed by atoms with Crippen molar-refractivity contribution in [2.75, 3.05) is 6.54 Å². The number of benzene rings is 1. The number of hydrogen-bond donors (Lipinski definition) is 1. The molecule has 1 heterocycles. The van der Waals surface area contributed by atoms with Gasteiger partial charge in [-0.25, -0.2) is 0 Å². The van der Waals surface area contributed by atoms with Crippen LogP contribution in [0.5, 0.6) is 0 Å². The molecule has 1 aromatic heterocycles. The van der Waals surface area contributed by atoms with Gasteiger partial charge in [-0.2, -0.15) is 0 Å². The molecule has 0 radical (unpaired) electrons. The van der Waals surface area contributed by atoms with E-state index >= 15 is 0 Å². The summed E-state index contributed by atoms with van der Waals surface area (Å²) in [5.74, 6) is 0. The van der Waals surface area contributed by atoms with E-state index in [0.29, 0.717) is 6.04 Å². The molecule has 2 aromatic rings. The Morgan fingerprint density at radius 3 is 2.63 bits per heavy atom. The Bertz CT molecular complexity index is 585. The zero-order valence-electron chi connectivity index (χ0n) is 11.7. The molecule has 0 bridgehead atoms. The van der Waals surface area contributed by atoms with E-state index in [4.69, 9.17) is 0 Å². The van der Waals surface area contributed by atoms with E-state index in [0.717, 1.165) is 36.7 Å². The Morgan fingerprint density at radius 2 is 1.89 bits per heavy atom. The van der Waals surface area contributed by atoms with E-state index in [9.17, 15) is 4.79 Å². The van der Waals surface area contributed by atoms with Gasteiger partial charge in [0, 0.05) is 30.7 Å². The van der Waals surface area contributed by atoms with Gasteiger partial charge in [0.1, 0.15) is 0 Å². The minimum atomic E-state index is 0.101. The number of rotatable bonds is 6.